The van der Waals surface area contributed by atoms with Gasteiger partial charge in [0.1, 0.15) is 6.10 Å². The van der Waals surface area contributed by atoms with Crippen molar-refractivity contribution >= 4 is 28.9 Å². The first kappa shape index (κ1) is 14.7. The van der Waals surface area contributed by atoms with Crippen LogP contribution < -0.4 is 0 Å². The van der Waals surface area contributed by atoms with E-state index in [0.29, 0.717) is 21.5 Å². The highest BCUT2D eigenvalue weighted by Gasteiger charge is 2.59. The van der Waals surface area contributed by atoms with Crippen LogP contribution in [0.3, 0.4) is 0 Å². The smallest absolute Gasteiger partial charge is 0.339 e. The van der Waals surface area contributed by atoms with E-state index in [9.17, 15) is 9.90 Å². The monoisotopic (exact) mass is 305 g/mol. The number of hydrogen-bond acceptors (Lipinski definition) is 5. The van der Waals surface area contributed by atoms with Crippen molar-refractivity contribution in [3.63, 3.8) is 0 Å². The van der Waals surface area contributed by atoms with Crippen LogP contribution in [0.1, 0.15) is 43.9 Å². The van der Waals surface area contributed by atoms with Crippen molar-refractivity contribution in [2.75, 3.05) is 0 Å². The summed E-state index contributed by atoms with van der Waals surface area (Å²) in [5.74, 6) is -1.99. The summed E-state index contributed by atoms with van der Waals surface area (Å²) in [6.45, 7) is 6.97. The van der Waals surface area contributed by atoms with Gasteiger partial charge in [-0.1, -0.05) is 18.5 Å². The molecule has 1 N–H and O–H groups in total. The summed E-state index contributed by atoms with van der Waals surface area (Å²) in [5, 5.41) is 9.57. The van der Waals surface area contributed by atoms with E-state index in [1.807, 2.05) is 0 Å². The van der Waals surface area contributed by atoms with E-state index < -0.39 is 23.5 Å². The first-order chi connectivity index (χ1) is 8.72. The minimum Gasteiger partial charge on any atom is -0.479 e. The molecule has 7 heteroatoms. The van der Waals surface area contributed by atoms with Gasteiger partial charge in [0.05, 0.1) is 10.6 Å². The molecule has 2 atom stereocenters. The van der Waals surface area contributed by atoms with Gasteiger partial charge in [-0.2, -0.15) is 0 Å². The minimum atomic E-state index is -1.40. The molecule has 19 heavy (non-hydrogen) atoms. The molecule has 1 saturated heterocycles. The first-order valence-electron chi connectivity index (χ1n) is 5.96. The average Bonchev–Trinajstić information content (AvgIpc) is 2.75. The molecule has 0 saturated carbocycles. The van der Waals surface area contributed by atoms with Crippen LogP contribution in [-0.2, 0) is 14.3 Å². The van der Waals surface area contributed by atoms with Crippen molar-refractivity contribution in [1.29, 1.82) is 0 Å². The van der Waals surface area contributed by atoms with Crippen LogP contribution in [0.25, 0.3) is 0 Å². The van der Waals surface area contributed by atoms with Gasteiger partial charge in [0.2, 0.25) is 0 Å². The number of hydrogen-bond donors (Lipinski definition) is 1. The van der Waals surface area contributed by atoms with Gasteiger partial charge in [-0.05, 0) is 27.2 Å². The van der Waals surface area contributed by atoms with Gasteiger partial charge in [0.25, 0.3) is 0 Å². The maximum absolute atomic E-state index is 11.7. The van der Waals surface area contributed by atoms with Crippen LogP contribution in [0, 0.1) is 6.92 Å². The van der Waals surface area contributed by atoms with Crippen molar-refractivity contribution in [2.24, 2.45) is 0 Å². The molecule has 1 aromatic heterocycles. The number of nitrogens with zero attached hydrogens (tertiary/aromatic N) is 1. The van der Waals surface area contributed by atoms with Crippen LogP contribution in [-0.4, -0.2) is 27.4 Å². The highest BCUT2D eigenvalue weighted by atomic mass is 35.5. The predicted octanol–water partition coefficient (Wildman–Crippen LogP) is 3.16. The maximum atomic E-state index is 11.7. The summed E-state index contributed by atoms with van der Waals surface area (Å²) < 4.78 is 11.9. The highest BCUT2D eigenvalue weighted by molar-refractivity contribution is 7.15. The zero-order valence-corrected chi connectivity index (χ0v) is 12.8. The lowest BCUT2D eigenvalue weighted by atomic mass is 9.92. The molecule has 0 bridgehead atoms. The van der Waals surface area contributed by atoms with Gasteiger partial charge in [0, 0.05) is 0 Å². The molecule has 2 rings (SSSR count). The zero-order valence-electron chi connectivity index (χ0n) is 11.2. The van der Waals surface area contributed by atoms with Crippen molar-refractivity contribution in [2.45, 2.75) is 51.6 Å². The molecule has 106 valence electrons. The van der Waals surface area contributed by atoms with Gasteiger partial charge in [0.15, 0.2) is 15.9 Å². The van der Waals surface area contributed by atoms with Crippen LogP contribution in [0.5, 0.6) is 0 Å². The number of halogens is 1. The summed E-state index contributed by atoms with van der Waals surface area (Å²) in [6, 6.07) is 0. The van der Waals surface area contributed by atoms with Crippen molar-refractivity contribution in [1.82, 2.24) is 4.98 Å². The molecule has 5 nitrogen and oxygen atoms in total. The Balaban J connectivity index is 2.53. The first-order valence-corrected chi connectivity index (χ1v) is 7.15. The fourth-order valence-electron chi connectivity index (χ4n) is 2.34. The second-order valence-electron chi connectivity index (χ2n) is 4.96. The van der Waals surface area contributed by atoms with E-state index in [-0.39, 0.29) is 0 Å². The number of thiazole rings is 1. The fourth-order valence-corrected chi connectivity index (χ4v) is 3.62. The lowest BCUT2D eigenvalue weighted by molar-refractivity contribution is -0.185. The Morgan fingerprint density at radius 1 is 1.58 bits per heavy atom. The number of aliphatic carboxylic acids is 1. The quantitative estimate of drug-likeness (QED) is 0.929. The molecule has 0 aromatic carbocycles. The Bertz CT molecular complexity index is 516. The normalized spacial score (nSPS) is 29.6. The van der Waals surface area contributed by atoms with Gasteiger partial charge < -0.3 is 14.6 Å². The number of rotatable bonds is 3. The summed E-state index contributed by atoms with van der Waals surface area (Å²) in [5.41, 5.74) is -0.718. The van der Waals surface area contributed by atoms with Crippen molar-refractivity contribution < 1.29 is 19.4 Å². The van der Waals surface area contributed by atoms with Crippen molar-refractivity contribution in [3.8, 4) is 0 Å². The number of aryl methyl sites for hydroxylation is 1. The molecule has 0 amide bonds. The topological polar surface area (TPSA) is 68.7 Å². The van der Waals surface area contributed by atoms with E-state index >= 15 is 0 Å². The third-order valence-corrected chi connectivity index (χ3v) is 4.49. The summed E-state index contributed by atoms with van der Waals surface area (Å²) >= 11 is 7.13. The largest absolute Gasteiger partial charge is 0.479 e. The van der Waals surface area contributed by atoms with Gasteiger partial charge in [-0.15, -0.1) is 11.3 Å². The van der Waals surface area contributed by atoms with Crippen LogP contribution in [0.15, 0.2) is 0 Å². The molecule has 2 heterocycles. The van der Waals surface area contributed by atoms with E-state index in [2.05, 4.69) is 4.98 Å². The number of carboxylic acids is 1. The van der Waals surface area contributed by atoms with Gasteiger partial charge in [-0.3, -0.25) is 0 Å². The second-order valence-corrected chi connectivity index (χ2v) is 6.58. The fraction of sp³-hybridized carbons (Fsp3) is 0.667. The van der Waals surface area contributed by atoms with E-state index in [4.69, 9.17) is 21.1 Å². The third-order valence-electron chi connectivity index (χ3n) is 3.18. The summed E-state index contributed by atoms with van der Waals surface area (Å²) in [4.78, 5) is 16.5. The maximum Gasteiger partial charge on any atom is 0.339 e. The number of carbonyl (C=O) groups is 1. The molecule has 1 aliphatic heterocycles. The molecule has 0 radical (unpaired) electrons. The number of ether oxygens (including phenoxy) is 2. The van der Waals surface area contributed by atoms with Crippen LogP contribution in [0.2, 0.25) is 4.47 Å². The molecular weight excluding hydrogens is 290 g/mol. The molecule has 0 unspecified atom stereocenters. The Morgan fingerprint density at radius 2 is 2.21 bits per heavy atom. The van der Waals surface area contributed by atoms with E-state index in [1.165, 1.54) is 11.3 Å². The number of aromatic nitrogens is 1. The molecule has 1 aliphatic rings. The molecular formula is C12H16ClNO4S. The molecule has 0 aliphatic carbocycles. The predicted molar refractivity (Wildman–Crippen MR) is 71.5 cm³/mol. The Labute approximate surface area is 120 Å². The molecule has 1 fully saturated rings. The standard InChI is InChI=1S/C12H16ClNO4S/c1-5-12(9(15)16)8(17-11(3,4)18-12)7-6(2)14-10(13)19-7/h8H,5H2,1-4H3,(H,15,16)/t8-,12-/m1/s1. The second kappa shape index (κ2) is 4.70. The van der Waals surface area contributed by atoms with Crippen LogP contribution >= 0.6 is 22.9 Å². The lowest BCUT2D eigenvalue weighted by Crippen LogP contribution is -2.43. The van der Waals surface area contributed by atoms with Gasteiger partial charge in [-0.25, -0.2) is 9.78 Å². The third kappa shape index (κ3) is 2.38. The Kier molecular flexibility index (Phi) is 3.64. The summed E-state index contributed by atoms with van der Waals surface area (Å²) in [6.07, 6.45) is -0.402. The lowest BCUT2D eigenvalue weighted by Gasteiger charge is -2.26. The average molecular weight is 306 g/mol. The van der Waals surface area contributed by atoms with E-state index in [1.54, 1.807) is 27.7 Å². The molecule has 1 aromatic rings. The van der Waals surface area contributed by atoms with Gasteiger partial charge >= 0.3 is 5.97 Å². The van der Waals surface area contributed by atoms with Crippen molar-refractivity contribution in [3.05, 3.63) is 15.0 Å². The highest BCUT2D eigenvalue weighted by Crippen LogP contribution is 2.50. The Morgan fingerprint density at radius 3 is 2.63 bits per heavy atom. The molecule has 0 spiro atoms. The SMILES string of the molecule is CC[C@@]1(C(=O)O)OC(C)(C)O[C@@H]1c1sc(Cl)nc1C. The number of carboxylic acid groups (broad SMARTS) is 1. The van der Waals surface area contributed by atoms with Crippen LogP contribution in [0.4, 0.5) is 0 Å². The summed E-state index contributed by atoms with van der Waals surface area (Å²) in [7, 11) is 0. The Hall–Kier alpha value is -0.690. The van der Waals surface area contributed by atoms with E-state index in [0.717, 1.165) is 0 Å². The zero-order chi connectivity index (χ0) is 14.4. The minimum absolute atomic E-state index is 0.297.